The first-order valence-corrected chi connectivity index (χ1v) is 9.78. The van der Waals surface area contributed by atoms with Crippen LogP contribution in [0.25, 0.3) is 6.08 Å². The van der Waals surface area contributed by atoms with Crippen molar-refractivity contribution in [3.63, 3.8) is 0 Å². The van der Waals surface area contributed by atoms with Gasteiger partial charge in [0.15, 0.2) is 6.61 Å². The summed E-state index contributed by atoms with van der Waals surface area (Å²) in [6.07, 6.45) is 1.46. The third-order valence-electron chi connectivity index (χ3n) is 3.37. The van der Waals surface area contributed by atoms with Gasteiger partial charge in [0.25, 0.3) is 5.91 Å². The fourth-order valence-corrected chi connectivity index (χ4v) is 3.62. The zero-order valence-electron chi connectivity index (χ0n) is 14.9. The SMILES string of the molecule is CCOC(=O)COc1c(Br)cc(/C=C(/C#N)C(=O)Nc2ccccc2)cc1Br. The number of benzene rings is 2. The lowest BCUT2D eigenvalue weighted by atomic mass is 10.1. The first-order valence-electron chi connectivity index (χ1n) is 8.20. The maximum absolute atomic E-state index is 12.3. The molecule has 1 N–H and O–H groups in total. The highest BCUT2D eigenvalue weighted by molar-refractivity contribution is 9.11. The number of nitriles is 1. The van der Waals surface area contributed by atoms with E-state index in [9.17, 15) is 14.9 Å². The average Bonchev–Trinajstić information content (AvgIpc) is 2.66. The summed E-state index contributed by atoms with van der Waals surface area (Å²) >= 11 is 6.74. The number of nitrogens with zero attached hydrogens (tertiary/aromatic N) is 1. The summed E-state index contributed by atoms with van der Waals surface area (Å²) in [5, 5.41) is 12.0. The Hall–Kier alpha value is -2.63. The van der Waals surface area contributed by atoms with E-state index in [4.69, 9.17) is 9.47 Å². The van der Waals surface area contributed by atoms with Crippen molar-refractivity contribution >= 4 is 55.5 Å². The number of carbonyl (C=O) groups is 2. The van der Waals surface area contributed by atoms with Gasteiger partial charge in [0, 0.05) is 5.69 Å². The van der Waals surface area contributed by atoms with Crippen LogP contribution >= 0.6 is 31.9 Å². The molecule has 0 saturated carbocycles. The maximum atomic E-state index is 12.3. The summed E-state index contributed by atoms with van der Waals surface area (Å²) < 4.78 is 11.4. The molecule has 0 aliphatic carbocycles. The second-order valence-electron chi connectivity index (χ2n) is 5.40. The topological polar surface area (TPSA) is 88.4 Å². The molecule has 2 rings (SSSR count). The molecule has 0 radical (unpaired) electrons. The molecule has 0 aliphatic rings. The van der Waals surface area contributed by atoms with Gasteiger partial charge < -0.3 is 14.8 Å². The van der Waals surface area contributed by atoms with E-state index in [2.05, 4.69) is 37.2 Å². The summed E-state index contributed by atoms with van der Waals surface area (Å²) in [6.45, 7) is 1.75. The van der Waals surface area contributed by atoms with Gasteiger partial charge in [-0.3, -0.25) is 4.79 Å². The third-order valence-corrected chi connectivity index (χ3v) is 4.55. The normalized spacial score (nSPS) is 10.7. The predicted octanol–water partition coefficient (Wildman–Crippen LogP) is 4.70. The van der Waals surface area contributed by atoms with Crippen LogP contribution in [0, 0.1) is 11.3 Å². The average molecular weight is 508 g/mol. The molecule has 0 atom stereocenters. The van der Waals surface area contributed by atoms with E-state index in [1.54, 1.807) is 43.3 Å². The molecule has 8 heteroatoms. The van der Waals surface area contributed by atoms with Crippen molar-refractivity contribution in [1.29, 1.82) is 5.26 Å². The van der Waals surface area contributed by atoms with Crippen molar-refractivity contribution < 1.29 is 19.1 Å². The quantitative estimate of drug-likeness (QED) is 0.333. The monoisotopic (exact) mass is 506 g/mol. The van der Waals surface area contributed by atoms with Crippen LogP contribution in [0.1, 0.15) is 12.5 Å². The lowest BCUT2D eigenvalue weighted by Crippen LogP contribution is -2.15. The third kappa shape index (κ3) is 6.22. The van der Waals surface area contributed by atoms with Crippen molar-refractivity contribution in [2.24, 2.45) is 0 Å². The molecule has 0 aromatic heterocycles. The van der Waals surface area contributed by atoms with Gasteiger partial charge >= 0.3 is 5.97 Å². The molecule has 28 heavy (non-hydrogen) atoms. The van der Waals surface area contributed by atoms with Gasteiger partial charge in [-0.15, -0.1) is 0 Å². The van der Waals surface area contributed by atoms with Crippen LogP contribution in [0.4, 0.5) is 5.69 Å². The minimum absolute atomic E-state index is 0.0529. The lowest BCUT2D eigenvalue weighted by molar-refractivity contribution is -0.145. The first kappa shape index (κ1) is 21.7. The molecular formula is C20H16Br2N2O4. The van der Waals surface area contributed by atoms with Gasteiger partial charge in [-0.2, -0.15) is 5.26 Å². The van der Waals surface area contributed by atoms with Crippen LogP contribution in [0.2, 0.25) is 0 Å². The number of anilines is 1. The Balaban J connectivity index is 2.18. The minimum Gasteiger partial charge on any atom is -0.480 e. The van der Waals surface area contributed by atoms with Gasteiger partial charge in [-0.1, -0.05) is 18.2 Å². The van der Waals surface area contributed by atoms with E-state index < -0.39 is 11.9 Å². The van der Waals surface area contributed by atoms with E-state index in [1.165, 1.54) is 6.08 Å². The van der Waals surface area contributed by atoms with E-state index >= 15 is 0 Å². The van der Waals surface area contributed by atoms with Crippen molar-refractivity contribution in [3.8, 4) is 11.8 Å². The molecule has 2 aromatic rings. The van der Waals surface area contributed by atoms with Crippen LogP contribution in [0.3, 0.4) is 0 Å². The molecule has 1 amide bonds. The van der Waals surface area contributed by atoms with Crippen molar-refractivity contribution in [3.05, 3.63) is 62.5 Å². The molecule has 0 fully saturated rings. The van der Waals surface area contributed by atoms with Crippen LogP contribution in [-0.2, 0) is 14.3 Å². The molecule has 0 saturated heterocycles. The predicted molar refractivity (Wildman–Crippen MR) is 113 cm³/mol. The Morgan fingerprint density at radius 1 is 1.18 bits per heavy atom. The highest BCUT2D eigenvalue weighted by Gasteiger charge is 2.14. The first-order chi connectivity index (χ1) is 13.4. The second-order valence-corrected chi connectivity index (χ2v) is 7.11. The number of hydrogen-bond acceptors (Lipinski definition) is 5. The lowest BCUT2D eigenvalue weighted by Gasteiger charge is -2.11. The number of esters is 1. The zero-order valence-corrected chi connectivity index (χ0v) is 18.0. The van der Waals surface area contributed by atoms with E-state index in [-0.39, 0.29) is 18.8 Å². The number of ether oxygens (including phenoxy) is 2. The summed E-state index contributed by atoms with van der Waals surface area (Å²) in [6, 6.07) is 14.1. The molecule has 144 valence electrons. The van der Waals surface area contributed by atoms with Gasteiger partial charge in [0.05, 0.1) is 15.6 Å². The Bertz CT molecular complexity index is 914. The number of amides is 1. The summed E-state index contributed by atoms with van der Waals surface area (Å²) in [4.78, 5) is 23.8. The number of carbonyl (C=O) groups excluding carboxylic acids is 2. The maximum Gasteiger partial charge on any atom is 0.344 e. The number of hydrogen-bond donors (Lipinski definition) is 1. The van der Waals surface area contributed by atoms with Gasteiger partial charge in [0.1, 0.15) is 17.4 Å². The summed E-state index contributed by atoms with van der Waals surface area (Å²) in [5.41, 5.74) is 1.14. The fraction of sp³-hybridized carbons (Fsp3) is 0.150. The van der Waals surface area contributed by atoms with Gasteiger partial charge in [-0.05, 0) is 74.7 Å². The zero-order chi connectivity index (χ0) is 20.5. The van der Waals surface area contributed by atoms with Crippen LogP contribution < -0.4 is 10.1 Å². The molecule has 0 spiro atoms. The van der Waals surface area contributed by atoms with E-state index in [1.807, 2.05) is 12.1 Å². The number of para-hydroxylation sites is 1. The smallest absolute Gasteiger partial charge is 0.344 e. The fourth-order valence-electron chi connectivity index (χ4n) is 2.17. The number of nitrogens with one attached hydrogen (secondary N) is 1. The molecule has 2 aromatic carbocycles. The summed E-state index contributed by atoms with van der Waals surface area (Å²) in [7, 11) is 0. The van der Waals surface area contributed by atoms with Gasteiger partial charge in [0.2, 0.25) is 0 Å². The highest BCUT2D eigenvalue weighted by Crippen LogP contribution is 2.35. The Labute approximate surface area is 179 Å². The molecule has 0 heterocycles. The molecule has 0 aliphatic heterocycles. The highest BCUT2D eigenvalue weighted by atomic mass is 79.9. The van der Waals surface area contributed by atoms with Crippen molar-refractivity contribution in [2.45, 2.75) is 6.92 Å². The largest absolute Gasteiger partial charge is 0.480 e. The Morgan fingerprint density at radius 3 is 2.39 bits per heavy atom. The Kier molecular flexibility index (Phi) is 8.23. The standard InChI is InChI=1S/C20H16Br2N2O4/c1-2-27-18(25)12-28-19-16(21)9-13(10-17(19)22)8-14(11-23)20(26)24-15-6-4-3-5-7-15/h3-10H,2,12H2,1H3,(H,24,26)/b14-8-. The van der Waals surface area contributed by atoms with Gasteiger partial charge in [-0.25, -0.2) is 4.79 Å². The second kappa shape index (κ2) is 10.6. The van der Waals surface area contributed by atoms with E-state index in [0.717, 1.165) is 0 Å². The number of rotatable bonds is 7. The molecule has 0 bridgehead atoms. The molecular weight excluding hydrogens is 492 g/mol. The van der Waals surface area contributed by atoms with Crippen LogP contribution in [0.15, 0.2) is 57.0 Å². The van der Waals surface area contributed by atoms with E-state index in [0.29, 0.717) is 25.9 Å². The van der Waals surface area contributed by atoms with Crippen LogP contribution in [-0.4, -0.2) is 25.1 Å². The van der Waals surface area contributed by atoms with Crippen molar-refractivity contribution in [2.75, 3.05) is 18.5 Å². The van der Waals surface area contributed by atoms with Crippen LogP contribution in [0.5, 0.6) is 5.75 Å². The molecule has 6 nitrogen and oxygen atoms in total. The Morgan fingerprint density at radius 2 is 1.82 bits per heavy atom. The number of halogens is 2. The van der Waals surface area contributed by atoms with Crippen molar-refractivity contribution in [1.82, 2.24) is 0 Å². The minimum atomic E-state index is -0.511. The molecule has 0 unspecified atom stereocenters. The summed E-state index contributed by atoms with van der Waals surface area (Å²) in [5.74, 6) is -0.573.